The number of rotatable bonds is 7. The Hall–Kier alpha value is -2.65. The third kappa shape index (κ3) is 6.40. The van der Waals surface area contributed by atoms with Crippen LogP contribution in [0.1, 0.15) is 6.42 Å². The van der Waals surface area contributed by atoms with E-state index < -0.39 is 10.9 Å². The van der Waals surface area contributed by atoms with Crippen LogP contribution in [-0.2, 0) is 4.79 Å². The minimum absolute atomic E-state index is 0.0204. The quantitative estimate of drug-likeness (QED) is 0.374. The van der Waals surface area contributed by atoms with Crippen LogP contribution < -0.4 is 10.6 Å². The molecule has 0 aliphatic carbocycles. The van der Waals surface area contributed by atoms with Crippen LogP contribution in [0.5, 0.6) is 0 Å². The summed E-state index contributed by atoms with van der Waals surface area (Å²) in [4.78, 5) is 20.8. The number of carboxylic acids is 1. The number of benzene rings is 2. The number of nitrogens with one attached hydrogen (secondary N) is 2. The van der Waals surface area contributed by atoms with Gasteiger partial charge in [0.05, 0.1) is 11.3 Å². The van der Waals surface area contributed by atoms with Crippen LogP contribution >= 0.6 is 24.0 Å². The maximum Gasteiger partial charge on any atom is 0.304 e. The average Bonchev–Trinajstić information content (AvgIpc) is 2.56. The molecule has 25 heavy (non-hydrogen) atoms. The SMILES string of the molecule is O=C(O)CCSC(=S)Nc1ccc(Nc2cccc([N+](=O)[O-])c2)cc1. The topological polar surface area (TPSA) is 104 Å². The van der Waals surface area contributed by atoms with Crippen LogP contribution in [0.25, 0.3) is 0 Å². The number of nitro groups is 1. The minimum Gasteiger partial charge on any atom is -0.481 e. The molecule has 3 N–H and O–H groups in total. The first-order valence-electron chi connectivity index (χ1n) is 7.21. The van der Waals surface area contributed by atoms with E-state index in [-0.39, 0.29) is 12.1 Å². The zero-order chi connectivity index (χ0) is 18.2. The number of carboxylic acid groups (broad SMARTS) is 1. The number of non-ortho nitro benzene ring substituents is 1. The van der Waals surface area contributed by atoms with Crippen molar-refractivity contribution < 1.29 is 14.8 Å². The van der Waals surface area contributed by atoms with Crippen LogP contribution in [-0.4, -0.2) is 26.1 Å². The Morgan fingerprint density at radius 1 is 1.16 bits per heavy atom. The highest BCUT2D eigenvalue weighted by Crippen LogP contribution is 2.23. The summed E-state index contributed by atoms with van der Waals surface area (Å²) in [5.41, 5.74) is 2.19. The standard InChI is InChI=1S/C16H15N3O4S2/c20-15(21)8-9-25-16(24)18-12-6-4-11(5-7-12)17-13-2-1-3-14(10-13)19(22)23/h1-7,10,17H,8-9H2,(H,18,24)(H,20,21). The van der Waals surface area contributed by atoms with E-state index in [9.17, 15) is 14.9 Å². The normalized spacial score (nSPS) is 10.1. The molecule has 0 unspecified atom stereocenters. The van der Waals surface area contributed by atoms with E-state index in [1.54, 1.807) is 12.1 Å². The van der Waals surface area contributed by atoms with E-state index in [2.05, 4.69) is 10.6 Å². The number of aliphatic carboxylic acids is 1. The summed E-state index contributed by atoms with van der Waals surface area (Å²) in [5, 5.41) is 25.5. The van der Waals surface area contributed by atoms with Crippen LogP contribution in [0.15, 0.2) is 48.5 Å². The molecule has 2 aromatic carbocycles. The van der Waals surface area contributed by atoms with Crippen molar-refractivity contribution in [1.29, 1.82) is 0 Å². The number of thiocarbonyl (C=S) groups is 1. The Bertz CT molecular complexity index is 781. The first-order valence-corrected chi connectivity index (χ1v) is 8.60. The number of anilines is 3. The monoisotopic (exact) mass is 377 g/mol. The molecule has 0 saturated heterocycles. The number of hydrogen-bond donors (Lipinski definition) is 3. The van der Waals surface area contributed by atoms with Crippen molar-refractivity contribution >= 4 is 57.0 Å². The summed E-state index contributed by atoms with van der Waals surface area (Å²) in [5.74, 6) is -0.444. The molecular formula is C16H15N3O4S2. The Labute approximate surface area is 153 Å². The van der Waals surface area contributed by atoms with E-state index in [1.165, 1.54) is 23.9 Å². The molecule has 2 aromatic rings. The Morgan fingerprint density at radius 3 is 2.48 bits per heavy atom. The molecule has 0 bridgehead atoms. The molecule has 0 saturated carbocycles. The van der Waals surface area contributed by atoms with E-state index in [0.717, 1.165) is 11.4 Å². The number of hydrogen-bond acceptors (Lipinski definition) is 6. The van der Waals surface area contributed by atoms with Crippen LogP contribution in [0.3, 0.4) is 0 Å². The van der Waals surface area contributed by atoms with Gasteiger partial charge in [-0.25, -0.2) is 0 Å². The fourth-order valence-electron chi connectivity index (χ4n) is 1.89. The van der Waals surface area contributed by atoms with Crippen LogP contribution in [0.2, 0.25) is 0 Å². The lowest BCUT2D eigenvalue weighted by Gasteiger charge is -2.09. The van der Waals surface area contributed by atoms with Crippen molar-refractivity contribution in [2.24, 2.45) is 0 Å². The summed E-state index contributed by atoms with van der Waals surface area (Å²) in [6, 6.07) is 13.5. The number of nitrogens with zero attached hydrogens (tertiary/aromatic N) is 1. The summed E-state index contributed by atoms with van der Waals surface area (Å²) in [7, 11) is 0. The second kappa shape index (κ2) is 9.00. The fraction of sp³-hybridized carbons (Fsp3) is 0.125. The third-order valence-electron chi connectivity index (χ3n) is 3.03. The first-order chi connectivity index (χ1) is 11.9. The Kier molecular flexibility index (Phi) is 6.72. The molecule has 0 heterocycles. The van der Waals surface area contributed by atoms with Gasteiger partial charge in [-0.3, -0.25) is 14.9 Å². The molecule has 2 rings (SSSR count). The zero-order valence-electron chi connectivity index (χ0n) is 13.0. The van der Waals surface area contributed by atoms with Crippen molar-refractivity contribution in [3.8, 4) is 0 Å². The van der Waals surface area contributed by atoms with Gasteiger partial charge >= 0.3 is 5.97 Å². The van der Waals surface area contributed by atoms with Gasteiger partial charge in [0.15, 0.2) is 0 Å². The molecule has 0 aliphatic rings. The number of nitro benzene ring substituents is 1. The lowest BCUT2D eigenvalue weighted by atomic mass is 10.2. The maximum atomic E-state index is 10.8. The summed E-state index contributed by atoms with van der Waals surface area (Å²) >= 11 is 6.41. The predicted molar refractivity (Wildman–Crippen MR) is 104 cm³/mol. The van der Waals surface area contributed by atoms with Gasteiger partial charge in [0.25, 0.3) is 5.69 Å². The van der Waals surface area contributed by atoms with Crippen molar-refractivity contribution in [2.45, 2.75) is 6.42 Å². The third-order valence-corrected chi connectivity index (χ3v) is 4.25. The molecule has 130 valence electrons. The first kappa shape index (κ1) is 18.7. The lowest BCUT2D eigenvalue weighted by molar-refractivity contribution is -0.384. The van der Waals surface area contributed by atoms with Gasteiger partial charge in [-0.05, 0) is 30.3 Å². The Balaban J connectivity index is 1.91. The van der Waals surface area contributed by atoms with Gasteiger partial charge in [0.2, 0.25) is 0 Å². The van der Waals surface area contributed by atoms with Gasteiger partial charge in [0, 0.05) is 34.9 Å². The second-order valence-electron chi connectivity index (χ2n) is 4.91. The Morgan fingerprint density at radius 2 is 1.84 bits per heavy atom. The molecule has 9 heteroatoms. The number of thioether (sulfide) groups is 1. The summed E-state index contributed by atoms with van der Waals surface area (Å²) < 4.78 is 0.501. The molecule has 0 radical (unpaired) electrons. The maximum absolute atomic E-state index is 10.8. The highest BCUT2D eigenvalue weighted by Gasteiger charge is 2.06. The van der Waals surface area contributed by atoms with Crippen molar-refractivity contribution in [3.63, 3.8) is 0 Å². The van der Waals surface area contributed by atoms with Gasteiger partial charge in [-0.2, -0.15) is 0 Å². The van der Waals surface area contributed by atoms with Gasteiger partial charge < -0.3 is 15.7 Å². The van der Waals surface area contributed by atoms with E-state index >= 15 is 0 Å². The number of carbonyl (C=O) groups is 1. The molecular weight excluding hydrogens is 362 g/mol. The van der Waals surface area contributed by atoms with Crippen LogP contribution in [0.4, 0.5) is 22.7 Å². The highest BCUT2D eigenvalue weighted by molar-refractivity contribution is 8.23. The van der Waals surface area contributed by atoms with Crippen LogP contribution in [0, 0.1) is 10.1 Å². The molecule has 7 nitrogen and oxygen atoms in total. The van der Waals surface area contributed by atoms with E-state index in [1.807, 2.05) is 24.3 Å². The van der Waals surface area contributed by atoms with Crippen molar-refractivity contribution in [3.05, 3.63) is 58.6 Å². The van der Waals surface area contributed by atoms with E-state index in [4.69, 9.17) is 17.3 Å². The molecule has 0 atom stereocenters. The predicted octanol–water partition coefficient (Wildman–Crippen LogP) is 4.24. The lowest BCUT2D eigenvalue weighted by Crippen LogP contribution is -2.06. The molecule has 0 amide bonds. The average molecular weight is 377 g/mol. The summed E-state index contributed by atoms with van der Waals surface area (Å²) in [6.45, 7) is 0. The fourth-order valence-corrected chi connectivity index (χ4v) is 2.91. The molecule has 0 aliphatic heterocycles. The van der Waals surface area contributed by atoms with Gasteiger partial charge in [0.1, 0.15) is 4.32 Å². The minimum atomic E-state index is -0.855. The van der Waals surface area contributed by atoms with Crippen molar-refractivity contribution in [2.75, 3.05) is 16.4 Å². The van der Waals surface area contributed by atoms with Crippen molar-refractivity contribution in [1.82, 2.24) is 0 Å². The largest absolute Gasteiger partial charge is 0.481 e. The smallest absolute Gasteiger partial charge is 0.304 e. The molecule has 0 aromatic heterocycles. The second-order valence-corrected chi connectivity index (χ2v) is 6.69. The summed E-state index contributed by atoms with van der Waals surface area (Å²) in [6.07, 6.45) is 0.0541. The zero-order valence-corrected chi connectivity index (χ0v) is 14.6. The molecule has 0 spiro atoms. The van der Waals surface area contributed by atoms with E-state index in [0.29, 0.717) is 15.8 Å². The van der Waals surface area contributed by atoms with Gasteiger partial charge in [-0.1, -0.05) is 30.0 Å². The molecule has 0 fully saturated rings. The van der Waals surface area contributed by atoms with Gasteiger partial charge in [-0.15, -0.1) is 0 Å². The highest BCUT2D eigenvalue weighted by atomic mass is 32.2.